The molecule has 0 saturated carbocycles. The molecule has 0 radical (unpaired) electrons. The Hall–Kier alpha value is -0.780. The minimum absolute atomic E-state index is 0.0756. The lowest BCUT2D eigenvalue weighted by Crippen LogP contribution is -2.14. The van der Waals surface area contributed by atoms with Crippen LogP contribution in [0, 0.1) is 0 Å². The highest BCUT2D eigenvalue weighted by atomic mass is 32.2. The Morgan fingerprint density at radius 1 is 1.56 bits per heavy atom. The normalized spacial score (nSPS) is 16.6. The molecule has 0 fully saturated rings. The molecule has 3 nitrogen and oxygen atoms in total. The molecule has 1 atom stereocenters. The summed E-state index contributed by atoms with van der Waals surface area (Å²) in [7, 11) is 2.02. The highest BCUT2D eigenvalue weighted by Crippen LogP contribution is 2.34. The van der Waals surface area contributed by atoms with E-state index in [4.69, 9.17) is 5.73 Å². The van der Waals surface area contributed by atoms with Gasteiger partial charge >= 0.3 is 0 Å². The van der Waals surface area contributed by atoms with Gasteiger partial charge < -0.3 is 10.3 Å². The Balaban J connectivity index is 1.78. The van der Waals surface area contributed by atoms with Gasteiger partial charge in [0.2, 0.25) is 0 Å². The van der Waals surface area contributed by atoms with E-state index in [0.717, 1.165) is 18.0 Å². The first-order valence-electron chi connectivity index (χ1n) is 6.15. The van der Waals surface area contributed by atoms with Crippen LogP contribution in [0.15, 0.2) is 18.5 Å². The average Bonchev–Trinajstić information content (AvgIpc) is 2.96. The summed E-state index contributed by atoms with van der Waals surface area (Å²) in [6.07, 6.45) is 5.83. The van der Waals surface area contributed by atoms with E-state index in [-0.39, 0.29) is 6.04 Å². The molecule has 0 aliphatic carbocycles. The number of hydrogen-bond acceptors (Lipinski definition) is 4. The summed E-state index contributed by atoms with van der Waals surface area (Å²) in [6, 6.07) is 2.38. The number of fused-ring (bicyclic) bond motifs is 1. The van der Waals surface area contributed by atoms with E-state index >= 15 is 0 Å². The van der Waals surface area contributed by atoms with Gasteiger partial charge in [-0.2, -0.15) is 11.8 Å². The average molecular weight is 279 g/mol. The summed E-state index contributed by atoms with van der Waals surface area (Å²) in [5.41, 5.74) is 7.82. The molecule has 0 saturated heterocycles. The molecule has 2 N–H and O–H groups in total. The van der Waals surface area contributed by atoms with Gasteiger partial charge in [0, 0.05) is 47.4 Å². The van der Waals surface area contributed by atoms with E-state index in [1.165, 1.54) is 22.6 Å². The smallest absolute Gasteiger partial charge is 0.110 e. The van der Waals surface area contributed by atoms with Crippen LogP contribution in [0.4, 0.5) is 0 Å². The number of aromatic nitrogens is 2. The first-order chi connectivity index (χ1) is 8.74. The highest BCUT2D eigenvalue weighted by molar-refractivity contribution is 7.98. The van der Waals surface area contributed by atoms with Crippen molar-refractivity contribution in [3.8, 4) is 0 Å². The number of nitrogens with zero attached hydrogens (tertiary/aromatic N) is 2. The van der Waals surface area contributed by atoms with Crippen molar-refractivity contribution in [1.82, 2.24) is 9.55 Å². The van der Waals surface area contributed by atoms with Crippen LogP contribution >= 0.6 is 23.1 Å². The van der Waals surface area contributed by atoms with Crippen LogP contribution in [-0.4, -0.2) is 15.3 Å². The summed E-state index contributed by atoms with van der Waals surface area (Å²) in [4.78, 5) is 7.20. The summed E-state index contributed by atoms with van der Waals surface area (Å²) in [5.74, 6) is 3.46. The summed E-state index contributed by atoms with van der Waals surface area (Å²) >= 11 is 3.92. The molecule has 96 valence electrons. The maximum atomic E-state index is 6.32. The minimum atomic E-state index is 0.0756. The van der Waals surface area contributed by atoms with Crippen LogP contribution in [0.2, 0.25) is 0 Å². The van der Waals surface area contributed by atoms with Gasteiger partial charge in [0.05, 0.1) is 0 Å². The Morgan fingerprint density at radius 3 is 3.17 bits per heavy atom. The number of nitrogens with two attached hydrogens (primary N) is 1. The molecule has 0 amide bonds. The monoisotopic (exact) mass is 279 g/mol. The number of thioether (sulfide) groups is 1. The van der Waals surface area contributed by atoms with Gasteiger partial charge in [0.15, 0.2) is 0 Å². The Morgan fingerprint density at radius 2 is 2.44 bits per heavy atom. The number of aryl methyl sites for hydroxylation is 2. The Kier molecular flexibility index (Phi) is 3.46. The van der Waals surface area contributed by atoms with E-state index < -0.39 is 0 Å². The van der Waals surface area contributed by atoms with E-state index in [1.54, 1.807) is 4.88 Å². The minimum Gasteiger partial charge on any atom is -0.338 e. The van der Waals surface area contributed by atoms with Gasteiger partial charge in [-0.15, -0.1) is 11.3 Å². The molecule has 5 heteroatoms. The Bertz CT molecular complexity index is 521. The molecule has 1 aliphatic heterocycles. The predicted molar refractivity (Wildman–Crippen MR) is 78.0 cm³/mol. The highest BCUT2D eigenvalue weighted by Gasteiger charge is 2.18. The van der Waals surface area contributed by atoms with E-state index in [9.17, 15) is 0 Å². The van der Waals surface area contributed by atoms with Crippen LogP contribution in [0.3, 0.4) is 0 Å². The van der Waals surface area contributed by atoms with Gasteiger partial charge in [-0.25, -0.2) is 4.98 Å². The predicted octanol–water partition coefficient (Wildman–Crippen LogP) is 2.51. The van der Waals surface area contributed by atoms with E-state index in [1.807, 2.05) is 47.1 Å². The molecule has 0 spiro atoms. The fourth-order valence-corrected chi connectivity index (χ4v) is 4.62. The van der Waals surface area contributed by atoms with E-state index in [0.29, 0.717) is 0 Å². The standard InChI is InChI=1S/C13H17N3S2/c1-16-4-3-15-13(16)7-10(14)12-6-9-8-17-5-2-11(9)18-12/h3-4,6,10H,2,5,7-8,14H2,1H3. The number of hydrogen-bond donors (Lipinski definition) is 1. The molecule has 1 unspecified atom stereocenters. The van der Waals surface area contributed by atoms with Gasteiger partial charge in [0.1, 0.15) is 5.82 Å². The second-order valence-corrected chi connectivity index (χ2v) is 6.94. The maximum Gasteiger partial charge on any atom is 0.110 e. The van der Waals surface area contributed by atoms with Crippen molar-refractivity contribution in [3.63, 3.8) is 0 Å². The lowest BCUT2D eigenvalue weighted by Gasteiger charge is -2.09. The maximum absolute atomic E-state index is 6.32. The fourth-order valence-electron chi connectivity index (χ4n) is 2.24. The molecular weight excluding hydrogens is 262 g/mol. The lowest BCUT2D eigenvalue weighted by molar-refractivity contribution is 0.668. The quantitative estimate of drug-likeness (QED) is 0.939. The molecule has 2 aromatic rings. The first kappa shape index (κ1) is 12.3. The zero-order valence-corrected chi connectivity index (χ0v) is 12.1. The second-order valence-electron chi connectivity index (χ2n) is 4.66. The van der Waals surface area contributed by atoms with Crippen molar-refractivity contribution in [1.29, 1.82) is 0 Å². The van der Waals surface area contributed by atoms with Crippen LogP contribution in [0.5, 0.6) is 0 Å². The van der Waals surface area contributed by atoms with E-state index in [2.05, 4.69) is 11.1 Å². The molecule has 3 heterocycles. The second kappa shape index (κ2) is 5.07. The van der Waals surface area contributed by atoms with Crippen LogP contribution in [0.1, 0.15) is 27.2 Å². The number of imidazole rings is 1. The number of thiophene rings is 1. The fraction of sp³-hybridized carbons (Fsp3) is 0.462. The Labute approximate surface area is 115 Å². The molecular formula is C13H17N3S2. The van der Waals surface area contributed by atoms with Crippen LogP contribution in [0.25, 0.3) is 0 Å². The molecule has 0 aromatic carbocycles. The summed E-state index contributed by atoms with van der Waals surface area (Å²) in [5, 5.41) is 0. The van der Waals surface area contributed by atoms with Crippen LogP contribution in [-0.2, 0) is 25.6 Å². The first-order valence-corrected chi connectivity index (χ1v) is 8.12. The zero-order chi connectivity index (χ0) is 12.5. The number of rotatable bonds is 3. The zero-order valence-electron chi connectivity index (χ0n) is 10.4. The third kappa shape index (κ3) is 2.35. The van der Waals surface area contributed by atoms with Gasteiger partial charge in [-0.1, -0.05) is 0 Å². The SMILES string of the molecule is Cn1ccnc1CC(N)c1cc2c(s1)CCSC2. The summed E-state index contributed by atoms with van der Waals surface area (Å²) in [6.45, 7) is 0. The molecule has 1 aliphatic rings. The van der Waals surface area contributed by atoms with Gasteiger partial charge in [0.25, 0.3) is 0 Å². The third-order valence-electron chi connectivity index (χ3n) is 3.34. The van der Waals surface area contributed by atoms with Crippen molar-refractivity contribution in [2.24, 2.45) is 12.8 Å². The van der Waals surface area contributed by atoms with Crippen LogP contribution < -0.4 is 5.73 Å². The van der Waals surface area contributed by atoms with Crippen molar-refractivity contribution >= 4 is 23.1 Å². The largest absolute Gasteiger partial charge is 0.338 e. The lowest BCUT2D eigenvalue weighted by atomic mass is 10.1. The van der Waals surface area contributed by atoms with Crippen molar-refractivity contribution in [2.75, 3.05) is 5.75 Å². The van der Waals surface area contributed by atoms with Gasteiger partial charge in [-0.05, 0) is 23.8 Å². The summed E-state index contributed by atoms with van der Waals surface area (Å²) < 4.78 is 2.04. The molecule has 18 heavy (non-hydrogen) atoms. The van der Waals surface area contributed by atoms with Gasteiger partial charge in [-0.3, -0.25) is 0 Å². The molecule has 2 aromatic heterocycles. The third-order valence-corrected chi connectivity index (χ3v) is 5.71. The molecule has 3 rings (SSSR count). The topological polar surface area (TPSA) is 43.8 Å². The van der Waals surface area contributed by atoms with Crippen molar-refractivity contribution in [3.05, 3.63) is 39.6 Å². The molecule has 0 bridgehead atoms. The van der Waals surface area contributed by atoms with Crippen molar-refractivity contribution in [2.45, 2.75) is 24.6 Å². The van der Waals surface area contributed by atoms with Crippen molar-refractivity contribution < 1.29 is 0 Å².